The van der Waals surface area contributed by atoms with Crippen LogP contribution in [0.5, 0.6) is 0 Å². The Labute approximate surface area is 183 Å². The van der Waals surface area contributed by atoms with E-state index in [2.05, 4.69) is 5.16 Å². The fraction of sp³-hybridized carbons (Fsp3) is 0. The standard InChI is InChI=1S/C24H15Cl2N3O/c25-17-12-10-16(11-13-17)21-14-23(29(27-21)18-6-2-1-3-7-18)24-15-22(28-30-24)19-8-4-5-9-20(19)26/h1-15H. The molecule has 0 aliphatic rings. The van der Waals surface area contributed by atoms with Gasteiger partial charge in [0.05, 0.1) is 16.4 Å². The number of benzene rings is 3. The van der Waals surface area contributed by atoms with Crippen LogP contribution in [0.25, 0.3) is 39.7 Å². The highest BCUT2D eigenvalue weighted by Gasteiger charge is 2.18. The lowest BCUT2D eigenvalue weighted by molar-refractivity contribution is 0.432. The Hall–Kier alpha value is -3.34. The molecule has 0 spiro atoms. The van der Waals surface area contributed by atoms with Gasteiger partial charge in [0, 0.05) is 22.2 Å². The van der Waals surface area contributed by atoms with Crippen LogP contribution >= 0.6 is 23.2 Å². The van der Waals surface area contributed by atoms with Gasteiger partial charge in [-0.15, -0.1) is 0 Å². The highest BCUT2D eigenvalue weighted by atomic mass is 35.5. The van der Waals surface area contributed by atoms with Crippen molar-refractivity contribution in [3.8, 4) is 39.7 Å². The topological polar surface area (TPSA) is 43.9 Å². The van der Waals surface area contributed by atoms with Crippen LogP contribution in [0, 0.1) is 0 Å². The average Bonchev–Trinajstić information content (AvgIpc) is 3.43. The fourth-order valence-corrected chi connectivity index (χ4v) is 3.63. The van der Waals surface area contributed by atoms with E-state index >= 15 is 0 Å². The van der Waals surface area contributed by atoms with Crippen LogP contribution in [-0.2, 0) is 0 Å². The predicted octanol–water partition coefficient (Wildman–Crippen LogP) is 7.17. The summed E-state index contributed by atoms with van der Waals surface area (Å²) in [6.07, 6.45) is 0. The highest BCUT2D eigenvalue weighted by molar-refractivity contribution is 6.33. The summed E-state index contributed by atoms with van der Waals surface area (Å²) in [7, 11) is 0. The predicted molar refractivity (Wildman–Crippen MR) is 120 cm³/mol. The maximum absolute atomic E-state index is 6.33. The molecular weight excluding hydrogens is 417 g/mol. The van der Waals surface area contributed by atoms with Gasteiger partial charge in [-0.3, -0.25) is 0 Å². The van der Waals surface area contributed by atoms with Crippen molar-refractivity contribution in [3.63, 3.8) is 0 Å². The fourth-order valence-electron chi connectivity index (χ4n) is 3.28. The maximum atomic E-state index is 6.33. The first-order chi connectivity index (χ1) is 14.7. The molecule has 0 aliphatic carbocycles. The lowest BCUT2D eigenvalue weighted by atomic mass is 10.1. The number of aromatic nitrogens is 3. The summed E-state index contributed by atoms with van der Waals surface area (Å²) in [5, 5.41) is 10.4. The second-order valence-corrected chi connectivity index (χ2v) is 7.57. The third kappa shape index (κ3) is 3.52. The number of nitrogens with zero attached hydrogens (tertiary/aromatic N) is 3. The van der Waals surface area contributed by atoms with Crippen molar-refractivity contribution in [3.05, 3.63) is 101 Å². The first-order valence-corrected chi connectivity index (χ1v) is 10.1. The molecule has 30 heavy (non-hydrogen) atoms. The van der Waals surface area contributed by atoms with Gasteiger partial charge in [-0.05, 0) is 36.4 Å². The molecule has 2 aromatic heterocycles. The van der Waals surface area contributed by atoms with Gasteiger partial charge in [-0.25, -0.2) is 4.68 Å². The van der Waals surface area contributed by atoms with Crippen LogP contribution in [-0.4, -0.2) is 14.9 Å². The molecule has 5 aromatic rings. The smallest absolute Gasteiger partial charge is 0.185 e. The summed E-state index contributed by atoms with van der Waals surface area (Å²) >= 11 is 12.4. The van der Waals surface area contributed by atoms with E-state index in [9.17, 15) is 0 Å². The third-order valence-electron chi connectivity index (χ3n) is 4.76. The summed E-state index contributed by atoms with van der Waals surface area (Å²) in [6, 6.07) is 28.9. The zero-order valence-electron chi connectivity index (χ0n) is 15.7. The molecule has 0 saturated heterocycles. The zero-order chi connectivity index (χ0) is 20.5. The summed E-state index contributed by atoms with van der Waals surface area (Å²) in [5.74, 6) is 0.599. The van der Waals surface area contributed by atoms with Crippen molar-refractivity contribution in [2.45, 2.75) is 0 Å². The summed E-state index contributed by atoms with van der Waals surface area (Å²) in [6.45, 7) is 0. The highest BCUT2D eigenvalue weighted by Crippen LogP contribution is 2.33. The first kappa shape index (κ1) is 18.7. The van der Waals surface area contributed by atoms with Crippen LogP contribution in [0.2, 0.25) is 10.0 Å². The molecule has 146 valence electrons. The molecule has 0 amide bonds. The van der Waals surface area contributed by atoms with E-state index in [1.165, 1.54) is 0 Å². The van der Waals surface area contributed by atoms with Gasteiger partial charge >= 0.3 is 0 Å². The van der Waals surface area contributed by atoms with Crippen LogP contribution in [0.3, 0.4) is 0 Å². The molecule has 3 aromatic carbocycles. The summed E-state index contributed by atoms with van der Waals surface area (Å²) < 4.78 is 7.55. The number of hydrogen-bond donors (Lipinski definition) is 0. The number of halogens is 2. The molecule has 0 fully saturated rings. The van der Waals surface area contributed by atoms with Crippen molar-refractivity contribution < 1.29 is 4.52 Å². The van der Waals surface area contributed by atoms with Crippen molar-refractivity contribution in [2.75, 3.05) is 0 Å². The molecule has 0 bridgehead atoms. The van der Waals surface area contributed by atoms with E-state index < -0.39 is 0 Å². The summed E-state index contributed by atoms with van der Waals surface area (Å²) in [4.78, 5) is 0. The lowest BCUT2D eigenvalue weighted by Crippen LogP contribution is -1.98. The molecule has 5 rings (SSSR count). The Morgan fingerprint density at radius 3 is 2.23 bits per heavy atom. The van der Waals surface area contributed by atoms with Crippen molar-refractivity contribution in [1.82, 2.24) is 14.9 Å². The van der Waals surface area contributed by atoms with Gasteiger partial charge in [-0.1, -0.05) is 76.9 Å². The van der Waals surface area contributed by atoms with E-state index in [1.807, 2.05) is 95.7 Å². The van der Waals surface area contributed by atoms with Gasteiger partial charge in [-0.2, -0.15) is 5.10 Å². The summed E-state index contributed by atoms with van der Waals surface area (Å²) in [5.41, 5.74) is 4.96. The van der Waals surface area contributed by atoms with Crippen molar-refractivity contribution >= 4 is 23.2 Å². The number of para-hydroxylation sites is 1. The molecule has 0 unspecified atom stereocenters. The Kier molecular flexibility index (Phi) is 4.87. The van der Waals surface area contributed by atoms with Gasteiger partial charge in [0.25, 0.3) is 0 Å². The number of rotatable bonds is 4. The van der Waals surface area contributed by atoms with Gasteiger partial charge in [0.2, 0.25) is 0 Å². The molecular formula is C24H15Cl2N3O. The molecule has 0 radical (unpaired) electrons. The normalized spacial score (nSPS) is 11.0. The minimum Gasteiger partial charge on any atom is -0.354 e. The average molecular weight is 432 g/mol. The van der Waals surface area contributed by atoms with Crippen molar-refractivity contribution in [1.29, 1.82) is 0 Å². The minimum atomic E-state index is 0.599. The zero-order valence-corrected chi connectivity index (χ0v) is 17.2. The quantitative estimate of drug-likeness (QED) is 0.302. The maximum Gasteiger partial charge on any atom is 0.185 e. The van der Waals surface area contributed by atoms with E-state index in [0.29, 0.717) is 21.5 Å². The van der Waals surface area contributed by atoms with Gasteiger partial charge < -0.3 is 4.52 Å². The SMILES string of the molecule is Clc1ccc(-c2cc(-c3cc(-c4ccccc4Cl)no3)n(-c3ccccc3)n2)cc1. The minimum absolute atomic E-state index is 0.599. The van der Waals surface area contributed by atoms with Crippen LogP contribution in [0.1, 0.15) is 0 Å². The molecule has 0 saturated carbocycles. The van der Waals surface area contributed by atoms with Crippen LogP contribution in [0.15, 0.2) is 95.5 Å². The van der Waals surface area contributed by atoms with E-state index in [-0.39, 0.29) is 0 Å². The molecule has 6 heteroatoms. The molecule has 4 nitrogen and oxygen atoms in total. The number of hydrogen-bond acceptors (Lipinski definition) is 3. The monoisotopic (exact) mass is 431 g/mol. The Morgan fingerprint density at radius 1 is 0.733 bits per heavy atom. The molecule has 0 atom stereocenters. The Morgan fingerprint density at radius 2 is 1.47 bits per heavy atom. The molecule has 0 aliphatic heterocycles. The molecule has 2 heterocycles. The second-order valence-electron chi connectivity index (χ2n) is 6.73. The molecule has 0 N–H and O–H groups in total. The lowest BCUT2D eigenvalue weighted by Gasteiger charge is -2.04. The van der Waals surface area contributed by atoms with E-state index in [4.69, 9.17) is 32.8 Å². The third-order valence-corrected chi connectivity index (χ3v) is 5.34. The van der Waals surface area contributed by atoms with Crippen LogP contribution in [0.4, 0.5) is 0 Å². The Bertz CT molecular complexity index is 1310. The van der Waals surface area contributed by atoms with E-state index in [1.54, 1.807) is 0 Å². The first-order valence-electron chi connectivity index (χ1n) is 9.32. The second kappa shape index (κ2) is 7.82. The Balaban J connectivity index is 1.64. The van der Waals surface area contributed by atoms with Gasteiger partial charge in [0.1, 0.15) is 11.4 Å². The van der Waals surface area contributed by atoms with Crippen LogP contribution < -0.4 is 0 Å². The van der Waals surface area contributed by atoms with E-state index in [0.717, 1.165) is 28.2 Å². The largest absolute Gasteiger partial charge is 0.354 e. The van der Waals surface area contributed by atoms with Gasteiger partial charge in [0.15, 0.2) is 5.76 Å². The van der Waals surface area contributed by atoms with Crippen molar-refractivity contribution in [2.24, 2.45) is 0 Å².